The van der Waals surface area contributed by atoms with Crippen LogP contribution in [0, 0.1) is 5.41 Å². The van der Waals surface area contributed by atoms with Crippen LogP contribution in [0.5, 0.6) is 17.2 Å². The van der Waals surface area contributed by atoms with Crippen molar-refractivity contribution < 1.29 is 32.9 Å². The number of amides is 1. The summed E-state index contributed by atoms with van der Waals surface area (Å²) in [5, 5.41) is 2.86. The molecule has 1 saturated carbocycles. The molecule has 7 nitrogen and oxygen atoms in total. The first-order valence-corrected chi connectivity index (χ1v) is 11.1. The standard InChI is InChI=1S/C25H28FNO6/c1-30-20-9-8-17(16-6-3-7-18-19(16)14-27-23(18)28)21(22(20)31-2)33-15-25(10-4-11-25)24(29)32-13-5-12-26/h3,6-9H,4-5,10-15H2,1-2H3,(H,27,28). The highest BCUT2D eigenvalue weighted by molar-refractivity contribution is 6.01. The molecular weight excluding hydrogens is 429 g/mol. The van der Waals surface area contributed by atoms with E-state index in [0.29, 0.717) is 42.2 Å². The van der Waals surface area contributed by atoms with E-state index in [1.165, 1.54) is 7.11 Å². The third-order valence-electron chi connectivity index (χ3n) is 6.38. The Morgan fingerprint density at radius 2 is 1.85 bits per heavy atom. The largest absolute Gasteiger partial charge is 0.493 e. The second-order valence-corrected chi connectivity index (χ2v) is 8.29. The lowest BCUT2D eigenvalue weighted by molar-refractivity contribution is -0.164. The Balaban J connectivity index is 1.69. The molecule has 1 heterocycles. The summed E-state index contributed by atoms with van der Waals surface area (Å²) in [5.41, 5.74) is 2.32. The Kier molecular flexibility index (Phi) is 6.72. The molecule has 1 N–H and O–H groups in total. The van der Waals surface area contributed by atoms with Crippen LogP contribution in [0.4, 0.5) is 4.39 Å². The molecule has 1 aliphatic heterocycles. The first kappa shape index (κ1) is 22.9. The average molecular weight is 457 g/mol. The van der Waals surface area contributed by atoms with Gasteiger partial charge in [0.05, 0.1) is 27.5 Å². The zero-order valence-electron chi connectivity index (χ0n) is 18.9. The van der Waals surface area contributed by atoms with Crippen molar-refractivity contribution in [3.05, 3.63) is 41.5 Å². The number of hydrogen-bond acceptors (Lipinski definition) is 6. The van der Waals surface area contributed by atoms with Crippen molar-refractivity contribution in [1.29, 1.82) is 0 Å². The summed E-state index contributed by atoms with van der Waals surface area (Å²) >= 11 is 0. The van der Waals surface area contributed by atoms with Crippen molar-refractivity contribution in [3.63, 3.8) is 0 Å². The van der Waals surface area contributed by atoms with Gasteiger partial charge in [-0.25, -0.2) is 0 Å². The molecule has 0 radical (unpaired) electrons. The second-order valence-electron chi connectivity index (χ2n) is 8.29. The number of esters is 1. The number of benzene rings is 2. The van der Waals surface area contributed by atoms with Gasteiger partial charge in [0.1, 0.15) is 12.0 Å². The van der Waals surface area contributed by atoms with Gasteiger partial charge in [-0.1, -0.05) is 18.6 Å². The summed E-state index contributed by atoms with van der Waals surface area (Å²) in [7, 11) is 3.07. The molecule has 4 rings (SSSR count). The Morgan fingerprint density at radius 3 is 2.52 bits per heavy atom. The van der Waals surface area contributed by atoms with E-state index in [-0.39, 0.29) is 31.5 Å². The van der Waals surface area contributed by atoms with Crippen molar-refractivity contribution in [2.24, 2.45) is 5.41 Å². The average Bonchev–Trinajstić information content (AvgIpc) is 3.19. The topological polar surface area (TPSA) is 83.1 Å². The Morgan fingerprint density at radius 1 is 1.06 bits per heavy atom. The van der Waals surface area contributed by atoms with Crippen LogP contribution in [0.1, 0.15) is 41.6 Å². The summed E-state index contributed by atoms with van der Waals surface area (Å²) < 4.78 is 35.1. The molecule has 0 atom stereocenters. The molecule has 1 aliphatic carbocycles. The normalized spacial score (nSPS) is 15.8. The fourth-order valence-electron chi connectivity index (χ4n) is 4.35. The van der Waals surface area contributed by atoms with Gasteiger partial charge in [0.15, 0.2) is 11.5 Å². The molecule has 2 aromatic carbocycles. The van der Waals surface area contributed by atoms with Gasteiger partial charge in [-0.3, -0.25) is 14.0 Å². The number of hydrogen-bond donors (Lipinski definition) is 1. The van der Waals surface area contributed by atoms with E-state index in [4.69, 9.17) is 18.9 Å². The van der Waals surface area contributed by atoms with Gasteiger partial charge in [-0.15, -0.1) is 0 Å². The lowest BCUT2D eigenvalue weighted by atomic mass is 9.69. The molecule has 33 heavy (non-hydrogen) atoms. The van der Waals surface area contributed by atoms with Crippen LogP contribution in [0.25, 0.3) is 11.1 Å². The van der Waals surface area contributed by atoms with Crippen molar-refractivity contribution in [3.8, 4) is 28.4 Å². The Hall–Kier alpha value is -3.29. The number of rotatable bonds is 10. The maximum atomic E-state index is 12.7. The Labute approximate surface area is 192 Å². The summed E-state index contributed by atoms with van der Waals surface area (Å²) in [6.45, 7) is 0.0506. The highest BCUT2D eigenvalue weighted by Gasteiger charge is 2.47. The molecule has 176 valence electrons. The number of nitrogens with one attached hydrogen (secondary N) is 1. The van der Waals surface area contributed by atoms with Crippen molar-refractivity contribution in [2.75, 3.05) is 34.1 Å². The quantitative estimate of drug-likeness (QED) is 0.428. The number of halogens is 1. The monoisotopic (exact) mass is 457 g/mol. The maximum Gasteiger partial charge on any atom is 0.315 e. The summed E-state index contributed by atoms with van der Waals surface area (Å²) in [6, 6.07) is 9.20. The lowest BCUT2D eigenvalue weighted by Gasteiger charge is -2.39. The number of carbonyl (C=O) groups is 2. The molecule has 1 amide bonds. The van der Waals surface area contributed by atoms with Gasteiger partial charge in [-0.2, -0.15) is 0 Å². The molecule has 0 unspecified atom stereocenters. The van der Waals surface area contributed by atoms with Crippen LogP contribution in [0.15, 0.2) is 30.3 Å². The Bertz CT molecular complexity index is 1050. The van der Waals surface area contributed by atoms with Crippen LogP contribution in [0.3, 0.4) is 0 Å². The van der Waals surface area contributed by atoms with Gasteiger partial charge >= 0.3 is 5.97 Å². The van der Waals surface area contributed by atoms with E-state index >= 15 is 0 Å². The number of carbonyl (C=O) groups excluding carboxylic acids is 2. The molecular formula is C25H28FNO6. The van der Waals surface area contributed by atoms with Gasteiger partial charge in [0, 0.05) is 24.1 Å². The molecule has 2 aromatic rings. The highest BCUT2D eigenvalue weighted by atomic mass is 19.1. The zero-order valence-corrected chi connectivity index (χ0v) is 18.9. The van der Waals surface area contributed by atoms with E-state index in [9.17, 15) is 14.0 Å². The predicted molar refractivity (Wildman–Crippen MR) is 119 cm³/mol. The molecule has 1 fully saturated rings. The third kappa shape index (κ3) is 4.21. The van der Waals surface area contributed by atoms with E-state index < -0.39 is 12.1 Å². The smallest absolute Gasteiger partial charge is 0.315 e. The van der Waals surface area contributed by atoms with E-state index in [2.05, 4.69) is 5.32 Å². The van der Waals surface area contributed by atoms with E-state index in [1.54, 1.807) is 19.2 Å². The molecule has 0 spiro atoms. The molecule has 0 bridgehead atoms. The molecule has 0 aromatic heterocycles. The van der Waals surface area contributed by atoms with Crippen LogP contribution in [-0.4, -0.2) is 46.0 Å². The van der Waals surface area contributed by atoms with Gasteiger partial charge in [0.25, 0.3) is 5.91 Å². The summed E-state index contributed by atoms with van der Waals surface area (Å²) in [6.07, 6.45) is 2.36. The highest BCUT2D eigenvalue weighted by Crippen LogP contribution is 2.48. The lowest BCUT2D eigenvalue weighted by Crippen LogP contribution is -2.44. The number of alkyl halides is 1. The number of fused-ring (bicyclic) bond motifs is 1. The summed E-state index contributed by atoms with van der Waals surface area (Å²) in [4.78, 5) is 24.9. The second kappa shape index (κ2) is 9.68. The van der Waals surface area contributed by atoms with Crippen molar-refractivity contribution in [1.82, 2.24) is 5.32 Å². The zero-order chi connectivity index (χ0) is 23.4. The molecule has 0 saturated heterocycles. The minimum Gasteiger partial charge on any atom is -0.493 e. The van der Waals surface area contributed by atoms with Crippen LogP contribution in [-0.2, 0) is 16.1 Å². The minimum atomic E-state index is -0.766. The van der Waals surface area contributed by atoms with Gasteiger partial charge in [0.2, 0.25) is 5.75 Å². The fourth-order valence-corrected chi connectivity index (χ4v) is 4.35. The predicted octanol–water partition coefficient (Wildman–Crippen LogP) is 4.07. The van der Waals surface area contributed by atoms with Crippen molar-refractivity contribution >= 4 is 11.9 Å². The van der Waals surface area contributed by atoms with Crippen LogP contribution < -0.4 is 19.5 Å². The van der Waals surface area contributed by atoms with Crippen molar-refractivity contribution in [2.45, 2.75) is 32.2 Å². The van der Waals surface area contributed by atoms with E-state index in [0.717, 1.165) is 23.1 Å². The van der Waals surface area contributed by atoms with Gasteiger partial charge < -0.3 is 24.3 Å². The number of ether oxygens (including phenoxy) is 4. The van der Waals surface area contributed by atoms with Gasteiger partial charge in [-0.05, 0) is 42.2 Å². The SMILES string of the molecule is COc1ccc(-c2cccc3c2CNC3=O)c(OCC2(C(=O)OCCCF)CCC2)c1OC. The first-order valence-electron chi connectivity index (χ1n) is 11.1. The van der Waals surface area contributed by atoms with Crippen LogP contribution >= 0.6 is 0 Å². The maximum absolute atomic E-state index is 12.7. The minimum absolute atomic E-state index is 0.0575. The molecule has 8 heteroatoms. The molecule has 2 aliphatic rings. The van der Waals surface area contributed by atoms with Crippen LogP contribution in [0.2, 0.25) is 0 Å². The van der Waals surface area contributed by atoms with E-state index in [1.807, 2.05) is 18.2 Å². The summed E-state index contributed by atoms with van der Waals surface area (Å²) in [5.74, 6) is 0.865. The first-order chi connectivity index (χ1) is 16.0. The fraction of sp³-hybridized carbons (Fsp3) is 0.440. The third-order valence-corrected chi connectivity index (χ3v) is 6.38. The number of methoxy groups -OCH3 is 2.